The number of carbonyl (C=O) groups is 1. The van der Waals surface area contributed by atoms with Crippen LogP contribution in [0.4, 0.5) is 0 Å². The molecule has 4 nitrogen and oxygen atoms in total. The van der Waals surface area contributed by atoms with Crippen LogP contribution in [0.1, 0.15) is 12.8 Å². The molecule has 0 radical (unpaired) electrons. The van der Waals surface area contributed by atoms with Crippen molar-refractivity contribution in [2.24, 2.45) is 5.92 Å². The third-order valence-electron chi connectivity index (χ3n) is 3.56. The topological polar surface area (TPSA) is 41.6 Å². The Morgan fingerprint density at radius 1 is 1.38 bits per heavy atom. The zero-order valence-electron chi connectivity index (χ0n) is 12.1. The van der Waals surface area contributed by atoms with Crippen molar-refractivity contribution in [2.75, 3.05) is 33.3 Å². The van der Waals surface area contributed by atoms with Crippen LogP contribution in [0.5, 0.6) is 5.75 Å². The van der Waals surface area contributed by atoms with Gasteiger partial charge >= 0.3 is 0 Å². The number of hydrogen-bond acceptors (Lipinski definition) is 3. The van der Waals surface area contributed by atoms with Crippen molar-refractivity contribution in [3.63, 3.8) is 0 Å². The summed E-state index contributed by atoms with van der Waals surface area (Å²) in [5.41, 5.74) is 0. The van der Waals surface area contributed by atoms with E-state index in [1.807, 2.05) is 11.9 Å². The Morgan fingerprint density at radius 2 is 2.10 bits per heavy atom. The molecule has 1 atom stereocenters. The van der Waals surface area contributed by atoms with Crippen LogP contribution in [0.15, 0.2) is 18.2 Å². The highest BCUT2D eigenvalue weighted by Gasteiger charge is 2.23. The molecule has 1 aliphatic rings. The minimum atomic E-state index is 0.00639. The molecular formula is C15H20Cl2N2O2. The molecule has 1 aromatic carbocycles. The van der Waals surface area contributed by atoms with Gasteiger partial charge in [-0.3, -0.25) is 4.79 Å². The fraction of sp³-hybridized carbons (Fsp3) is 0.533. The summed E-state index contributed by atoms with van der Waals surface area (Å²) < 4.78 is 5.50. The molecule has 0 bridgehead atoms. The maximum absolute atomic E-state index is 12.2. The van der Waals surface area contributed by atoms with Gasteiger partial charge in [-0.1, -0.05) is 23.2 Å². The highest BCUT2D eigenvalue weighted by atomic mass is 35.5. The highest BCUT2D eigenvalue weighted by molar-refractivity contribution is 6.34. The van der Waals surface area contributed by atoms with Gasteiger partial charge in [0, 0.05) is 23.1 Å². The van der Waals surface area contributed by atoms with E-state index in [4.69, 9.17) is 27.9 Å². The lowest BCUT2D eigenvalue weighted by Crippen LogP contribution is -2.44. The second kappa shape index (κ2) is 7.87. The Bertz CT molecular complexity index is 474. The number of likely N-dealkylation sites (tertiary alicyclic amines) is 1. The molecule has 0 aliphatic carbocycles. The molecule has 0 saturated carbocycles. The van der Waals surface area contributed by atoms with Crippen LogP contribution in [0.3, 0.4) is 0 Å². The summed E-state index contributed by atoms with van der Waals surface area (Å²) in [5.74, 6) is 1.05. The number of hydrogen-bond donors (Lipinski definition) is 1. The molecule has 1 fully saturated rings. The number of carbonyl (C=O) groups excluding carboxylic acids is 1. The molecule has 0 aromatic heterocycles. The predicted molar refractivity (Wildman–Crippen MR) is 85.2 cm³/mol. The summed E-state index contributed by atoms with van der Waals surface area (Å²) in [7, 11) is 1.94. The van der Waals surface area contributed by atoms with Gasteiger partial charge in [-0.25, -0.2) is 0 Å². The Morgan fingerprint density at radius 3 is 2.76 bits per heavy atom. The van der Waals surface area contributed by atoms with Gasteiger partial charge in [0.2, 0.25) is 0 Å². The van der Waals surface area contributed by atoms with Gasteiger partial charge in [0.05, 0.1) is 0 Å². The van der Waals surface area contributed by atoms with E-state index in [0.717, 1.165) is 32.5 Å². The summed E-state index contributed by atoms with van der Waals surface area (Å²) in [5, 5.41) is 4.16. The number of piperidine rings is 1. The van der Waals surface area contributed by atoms with Gasteiger partial charge in [0.25, 0.3) is 5.91 Å². The van der Waals surface area contributed by atoms with Gasteiger partial charge in [-0.15, -0.1) is 0 Å². The SMILES string of the molecule is CNCC1CCCN(C(=O)COc2cc(Cl)cc(Cl)c2)C1. The zero-order valence-corrected chi connectivity index (χ0v) is 13.6. The van der Waals surface area contributed by atoms with Crippen LogP contribution in [0, 0.1) is 5.92 Å². The molecule has 1 heterocycles. The van der Waals surface area contributed by atoms with Crippen LogP contribution in [0.25, 0.3) is 0 Å². The van der Waals surface area contributed by atoms with E-state index >= 15 is 0 Å². The summed E-state index contributed by atoms with van der Waals surface area (Å²) in [4.78, 5) is 14.1. The maximum Gasteiger partial charge on any atom is 0.260 e. The molecule has 116 valence electrons. The lowest BCUT2D eigenvalue weighted by Gasteiger charge is -2.32. The van der Waals surface area contributed by atoms with E-state index in [9.17, 15) is 4.79 Å². The molecule has 2 rings (SSSR count). The first-order valence-corrected chi connectivity index (χ1v) is 7.85. The number of halogens is 2. The van der Waals surface area contributed by atoms with Gasteiger partial charge in [0.15, 0.2) is 6.61 Å². The van der Waals surface area contributed by atoms with Crippen LogP contribution >= 0.6 is 23.2 Å². The van der Waals surface area contributed by atoms with Crippen molar-refractivity contribution in [3.8, 4) is 5.75 Å². The second-order valence-corrected chi connectivity index (χ2v) is 6.17. The first-order chi connectivity index (χ1) is 10.1. The van der Waals surface area contributed by atoms with Crippen LogP contribution in [-0.4, -0.2) is 44.1 Å². The maximum atomic E-state index is 12.2. The number of nitrogens with one attached hydrogen (secondary N) is 1. The largest absolute Gasteiger partial charge is 0.484 e. The van der Waals surface area contributed by atoms with Crippen molar-refractivity contribution < 1.29 is 9.53 Å². The van der Waals surface area contributed by atoms with Gasteiger partial charge in [0.1, 0.15) is 5.75 Å². The van der Waals surface area contributed by atoms with Crippen molar-refractivity contribution in [2.45, 2.75) is 12.8 Å². The molecule has 1 aliphatic heterocycles. The lowest BCUT2D eigenvalue weighted by molar-refractivity contribution is -0.135. The minimum absolute atomic E-state index is 0.00639. The Balaban J connectivity index is 1.86. The van der Waals surface area contributed by atoms with Crippen LogP contribution in [-0.2, 0) is 4.79 Å². The Kier molecular flexibility index (Phi) is 6.15. The standard InChI is InChI=1S/C15H20Cl2N2O2/c1-18-8-11-3-2-4-19(9-11)15(20)10-21-14-6-12(16)5-13(17)7-14/h5-7,11,18H,2-4,8-10H2,1H3. The molecule has 1 unspecified atom stereocenters. The van der Waals surface area contributed by atoms with E-state index in [1.54, 1.807) is 18.2 Å². The summed E-state index contributed by atoms with van der Waals surface area (Å²) in [6.07, 6.45) is 2.20. The second-order valence-electron chi connectivity index (χ2n) is 5.30. The van der Waals surface area contributed by atoms with Crippen molar-refractivity contribution >= 4 is 29.1 Å². The van der Waals surface area contributed by atoms with Crippen LogP contribution < -0.4 is 10.1 Å². The summed E-state index contributed by atoms with van der Waals surface area (Å²) >= 11 is 11.8. The molecule has 0 spiro atoms. The van der Waals surface area contributed by atoms with Crippen molar-refractivity contribution in [3.05, 3.63) is 28.2 Å². The first-order valence-electron chi connectivity index (χ1n) is 7.09. The van der Waals surface area contributed by atoms with E-state index < -0.39 is 0 Å². The summed E-state index contributed by atoms with van der Waals surface area (Å²) in [6.45, 7) is 2.55. The van der Waals surface area contributed by atoms with Gasteiger partial charge in [-0.05, 0) is 50.6 Å². The average Bonchev–Trinajstić information content (AvgIpc) is 2.44. The molecule has 1 amide bonds. The fourth-order valence-electron chi connectivity index (χ4n) is 2.60. The molecule has 1 saturated heterocycles. The van der Waals surface area contributed by atoms with Crippen LogP contribution in [0.2, 0.25) is 10.0 Å². The molecule has 1 N–H and O–H groups in total. The lowest BCUT2D eigenvalue weighted by atomic mass is 9.98. The van der Waals surface area contributed by atoms with E-state index in [1.165, 1.54) is 0 Å². The number of rotatable bonds is 5. The predicted octanol–water partition coefficient (Wildman–Crippen LogP) is 2.83. The Hall–Kier alpha value is -0.970. The molecular weight excluding hydrogens is 311 g/mol. The third-order valence-corrected chi connectivity index (χ3v) is 4.00. The van der Waals surface area contributed by atoms with E-state index in [2.05, 4.69) is 5.32 Å². The highest BCUT2D eigenvalue weighted by Crippen LogP contribution is 2.24. The molecule has 1 aromatic rings. The number of ether oxygens (including phenoxy) is 1. The van der Waals surface area contributed by atoms with Gasteiger partial charge in [-0.2, -0.15) is 0 Å². The first kappa shape index (κ1) is 16.4. The zero-order chi connectivity index (χ0) is 15.2. The molecule has 21 heavy (non-hydrogen) atoms. The number of nitrogens with zero attached hydrogens (tertiary/aromatic N) is 1. The smallest absolute Gasteiger partial charge is 0.260 e. The van der Waals surface area contributed by atoms with Gasteiger partial charge < -0.3 is 15.0 Å². The minimum Gasteiger partial charge on any atom is -0.484 e. The quantitative estimate of drug-likeness (QED) is 0.902. The third kappa shape index (κ3) is 5.06. The monoisotopic (exact) mass is 330 g/mol. The van der Waals surface area contributed by atoms with Crippen molar-refractivity contribution in [1.29, 1.82) is 0 Å². The number of benzene rings is 1. The van der Waals surface area contributed by atoms with E-state index in [-0.39, 0.29) is 12.5 Å². The van der Waals surface area contributed by atoms with E-state index in [0.29, 0.717) is 21.7 Å². The number of amides is 1. The molecule has 6 heteroatoms. The summed E-state index contributed by atoms with van der Waals surface area (Å²) in [6, 6.07) is 4.94. The fourth-order valence-corrected chi connectivity index (χ4v) is 3.10. The normalized spacial score (nSPS) is 18.6. The Labute approximate surface area is 135 Å². The van der Waals surface area contributed by atoms with Crippen molar-refractivity contribution in [1.82, 2.24) is 10.2 Å². The average molecular weight is 331 g/mol.